The first kappa shape index (κ1) is 63.3. The highest BCUT2D eigenvalue weighted by molar-refractivity contribution is 7.90. The number of amides is 3. The van der Waals surface area contributed by atoms with Gasteiger partial charge in [0.2, 0.25) is 11.6 Å². The first-order valence-corrected chi connectivity index (χ1v) is 30.0. The summed E-state index contributed by atoms with van der Waals surface area (Å²) < 4.78 is 81.3. The highest BCUT2D eigenvalue weighted by atomic mass is 32.2. The van der Waals surface area contributed by atoms with Crippen LogP contribution < -0.4 is 36.6 Å². The second kappa shape index (κ2) is 29.7. The van der Waals surface area contributed by atoms with Gasteiger partial charge in [0, 0.05) is 92.6 Å². The Labute approximate surface area is 476 Å². The molecule has 4 N–H and O–H groups in total. The van der Waals surface area contributed by atoms with Crippen LogP contribution in [0.15, 0.2) is 115 Å². The van der Waals surface area contributed by atoms with Gasteiger partial charge in [-0.1, -0.05) is 24.1 Å². The van der Waals surface area contributed by atoms with Crippen LogP contribution in [0.4, 0.5) is 5.69 Å². The molecule has 6 aromatic rings. The number of hydrogen-bond acceptors (Lipinski definition) is 16. The SMILES string of the molecule is CCN(CC)c1ccc2cc(C=Cc3ccc(S(=O)(=O)O)c[n+]3CCCCCC(=O)NCCOCCn3cc(CNC(=O)c4cccc(S(=O)(=O)n5cc(C(=O)NCCCCCCC(=O)OC(C)(C)C)ccc5=O)c4)nn3)c(=O)oc2c1. The van der Waals surface area contributed by atoms with E-state index in [4.69, 9.17) is 13.9 Å². The molecular weight excluding hydrogens is 1100 g/mol. The van der Waals surface area contributed by atoms with E-state index in [1.165, 1.54) is 47.3 Å². The van der Waals surface area contributed by atoms with Crippen molar-refractivity contribution in [3.63, 3.8) is 0 Å². The summed E-state index contributed by atoms with van der Waals surface area (Å²) in [6, 6.07) is 17.6. The number of carbonyl (C=O) groups excluding carboxylic acids is 4. The molecule has 82 heavy (non-hydrogen) atoms. The lowest BCUT2D eigenvalue weighted by molar-refractivity contribution is -0.700. The van der Waals surface area contributed by atoms with Gasteiger partial charge < -0.3 is 34.7 Å². The number of aromatic nitrogens is 5. The van der Waals surface area contributed by atoms with Crippen LogP contribution >= 0.6 is 0 Å². The molecule has 4 heterocycles. The van der Waals surface area contributed by atoms with E-state index in [0.717, 1.165) is 55.3 Å². The van der Waals surface area contributed by atoms with Gasteiger partial charge in [-0.3, -0.25) is 28.5 Å². The fourth-order valence-corrected chi connectivity index (χ4v) is 10.3. The molecule has 0 aliphatic heterocycles. The van der Waals surface area contributed by atoms with E-state index >= 15 is 0 Å². The topological polar surface area (TPSA) is 301 Å². The maximum Gasteiger partial charge on any atom is 0.343 e. The maximum atomic E-state index is 13.7. The summed E-state index contributed by atoms with van der Waals surface area (Å²) in [5, 5.41) is 17.1. The Morgan fingerprint density at radius 2 is 1.51 bits per heavy atom. The third-order valence-electron chi connectivity index (χ3n) is 12.8. The van der Waals surface area contributed by atoms with Crippen molar-refractivity contribution < 1.29 is 59.0 Å². The molecule has 3 amide bonds. The van der Waals surface area contributed by atoms with Crippen LogP contribution in [0.3, 0.4) is 0 Å². The molecule has 0 unspecified atom stereocenters. The van der Waals surface area contributed by atoms with Gasteiger partial charge in [0.25, 0.3) is 37.5 Å². The third kappa shape index (κ3) is 19.1. The number of ether oxygens (including phenoxy) is 2. The number of esters is 1. The average Bonchev–Trinajstić information content (AvgIpc) is 3.66. The lowest BCUT2D eigenvalue weighted by Gasteiger charge is -2.20. The number of carbonyl (C=O) groups is 4. The molecule has 23 nitrogen and oxygen atoms in total. The van der Waals surface area contributed by atoms with Gasteiger partial charge in [-0.05, 0) is 115 Å². The number of anilines is 1. The fourth-order valence-electron chi connectivity index (χ4n) is 8.53. The van der Waals surface area contributed by atoms with Crippen LogP contribution in [0, 0.1) is 0 Å². The summed E-state index contributed by atoms with van der Waals surface area (Å²) in [7, 11) is -9.02. The van der Waals surface area contributed by atoms with Crippen LogP contribution in [-0.4, -0.2) is 109 Å². The molecule has 0 radical (unpaired) electrons. The Balaban J connectivity index is 0.876. The van der Waals surface area contributed by atoms with Crippen LogP contribution in [0.5, 0.6) is 0 Å². The zero-order valence-corrected chi connectivity index (χ0v) is 48.4. The number of nitrogens with zero attached hydrogens (tertiary/aromatic N) is 6. The summed E-state index contributed by atoms with van der Waals surface area (Å²) >= 11 is 0. The number of aryl methyl sites for hydroxylation is 1. The van der Waals surface area contributed by atoms with E-state index in [0.29, 0.717) is 84.7 Å². The van der Waals surface area contributed by atoms with Gasteiger partial charge in [-0.15, -0.1) is 5.10 Å². The van der Waals surface area contributed by atoms with Crippen molar-refractivity contribution in [3.8, 4) is 0 Å². The van der Waals surface area contributed by atoms with E-state index in [1.54, 1.807) is 49.8 Å². The second-order valence-electron chi connectivity index (χ2n) is 20.2. The molecule has 0 spiro atoms. The normalized spacial score (nSPS) is 11.9. The zero-order valence-electron chi connectivity index (χ0n) is 46.8. The molecule has 6 rings (SSSR count). The molecule has 0 atom stereocenters. The van der Waals surface area contributed by atoms with Crippen molar-refractivity contribution in [2.24, 2.45) is 0 Å². The van der Waals surface area contributed by atoms with Crippen LogP contribution in [0.2, 0.25) is 0 Å². The third-order valence-corrected chi connectivity index (χ3v) is 15.3. The highest BCUT2D eigenvalue weighted by Gasteiger charge is 2.23. The van der Waals surface area contributed by atoms with Gasteiger partial charge in [0.05, 0.1) is 48.5 Å². The molecule has 0 fully saturated rings. The monoisotopic (exact) mass is 1170 g/mol. The van der Waals surface area contributed by atoms with Gasteiger partial charge in [-0.2, -0.15) is 13.0 Å². The molecule has 0 aliphatic carbocycles. The molecule has 25 heteroatoms. The molecular formula is C57H72N9O14S2+. The number of fused-ring (bicyclic) bond motifs is 1. The lowest BCUT2D eigenvalue weighted by atomic mass is 10.1. The van der Waals surface area contributed by atoms with Crippen molar-refractivity contribution in [2.45, 2.75) is 127 Å². The van der Waals surface area contributed by atoms with E-state index in [2.05, 4.69) is 31.2 Å². The first-order valence-electron chi connectivity index (χ1n) is 27.2. The predicted octanol–water partition coefficient (Wildman–Crippen LogP) is 5.68. The second-order valence-corrected chi connectivity index (χ2v) is 23.4. The molecule has 4 aromatic heterocycles. The van der Waals surface area contributed by atoms with Crippen molar-refractivity contribution in [3.05, 3.63) is 140 Å². The standard InChI is InChI=1S/C57H71N9O14S2/c1-6-63(7-2)47-24-20-41-34-43(56(72)79-50(41)36-47)21-23-46-25-26-49(82(75,76)77)40-64(46)30-14-10-11-18-51(67)58-29-32-78-33-31-65-39-45(61-62-65)37-60-54(70)42-16-15-17-48(35-42)81(73,74)66-38-44(22-27-52(66)68)55(71)59-28-13-9-8-12-19-53(69)80-57(3,4)5/h15-17,20-27,34-36,38-40H,6-14,18-19,28-33,37H2,1-5H3,(H3-,58,59,60,67,70,71,75,76,77)/p+1. The van der Waals surface area contributed by atoms with Crippen molar-refractivity contribution in [1.82, 2.24) is 34.9 Å². The predicted molar refractivity (Wildman–Crippen MR) is 306 cm³/mol. The summed E-state index contributed by atoms with van der Waals surface area (Å²) in [5.41, 5.74) is 0.666. The van der Waals surface area contributed by atoms with Gasteiger partial charge >= 0.3 is 11.6 Å². The van der Waals surface area contributed by atoms with E-state index in [1.807, 2.05) is 32.0 Å². The van der Waals surface area contributed by atoms with Crippen molar-refractivity contribution >= 4 is 72.6 Å². The molecule has 0 saturated carbocycles. The lowest BCUT2D eigenvalue weighted by Crippen LogP contribution is -2.37. The Morgan fingerprint density at radius 3 is 2.27 bits per heavy atom. The van der Waals surface area contributed by atoms with E-state index in [-0.39, 0.29) is 65.5 Å². The minimum Gasteiger partial charge on any atom is -0.460 e. The zero-order chi connectivity index (χ0) is 59.5. The molecule has 440 valence electrons. The fraction of sp³-hybridized carbons (Fsp3) is 0.421. The number of pyridine rings is 2. The van der Waals surface area contributed by atoms with Crippen LogP contribution in [0.1, 0.15) is 130 Å². The first-order chi connectivity index (χ1) is 39.0. The molecule has 0 aliphatic rings. The molecule has 0 saturated heterocycles. The Bertz CT molecular complexity index is 3590. The van der Waals surface area contributed by atoms with E-state index in [9.17, 15) is 50.2 Å². The minimum absolute atomic E-state index is 0.0106. The minimum atomic E-state index is -4.53. The molecule has 0 bridgehead atoms. The van der Waals surface area contributed by atoms with Crippen LogP contribution in [0.25, 0.3) is 23.1 Å². The van der Waals surface area contributed by atoms with Crippen molar-refractivity contribution in [1.29, 1.82) is 0 Å². The van der Waals surface area contributed by atoms with Crippen molar-refractivity contribution in [2.75, 3.05) is 44.3 Å². The number of rotatable bonds is 31. The van der Waals surface area contributed by atoms with Gasteiger partial charge in [0.15, 0.2) is 11.1 Å². The van der Waals surface area contributed by atoms with Crippen LogP contribution in [-0.2, 0) is 58.8 Å². The van der Waals surface area contributed by atoms with Gasteiger partial charge in [-0.25, -0.2) is 21.9 Å². The number of hydrogen-bond donors (Lipinski definition) is 4. The summed E-state index contributed by atoms with van der Waals surface area (Å²) in [6.45, 7) is 12.8. The largest absolute Gasteiger partial charge is 0.460 e. The number of unbranched alkanes of at least 4 members (excludes halogenated alkanes) is 5. The highest BCUT2D eigenvalue weighted by Crippen LogP contribution is 2.23. The van der Waals surface area contributed by atoms with E-state index < -0.39 is 48.7 Å². The summed E-state index contributed by atoms with van der Waals surface area (Å²) in [5.74, 6) is -1.63. The summed E-state index contributed by atoms with van der Waals surface area (Å²) in [4.78, 5) is 77.8. The number of benzene rings is 2. The maximum absolute atomic E-state index is 13.7. The average molecular weight is 1170 g/mol. The quantitative estimate of drug-likeness (QED) is 0.0134. The Morgan fingerprint density at radius 1 is 0.768 bits per heavy atom. The molecule has 2 aromatic carbocycles. The van der Waals surface area contributed by atoms with Gasteiger partial charge in [0.1, 0.15) is 23.4 Å². The number of nitrogens with one attached hydrogen (secondary N) is 3. The Kier molecular flexibility index (Phi) is 23.0. The smallest absolute Gasteiger partial charge is 0.343 e. The summed E-state index contributed by atoms with van der Waals surface area (Å²) in [6.07, 6.45) is 12.2. The Hall–Kier alpha value is -7.87.